The molecule has 7 heteroatoms. The van der Waals surface area contributed by atoms with Crippen molar-refractivity contribution in [3.63, 3.8) is 0 Å². The molecule has 102 valence electrons. The fourth-order valence-electron chi connectivity index (χ4n) is 1.75. The van der Waals surface area contributed by atoms with Crippen LogP contribution >= 0.6 is 0 Å². The van der Waals surface area contributed by atoms with Crippen LogP contribution in [-0.4, -0.2) is 59.5 Å². The van der Waals surface area contributed by atoms with Gasteiger partial charge in [-0.15, -0.1) is 0 Å². The van der Waals surface area contributed by atoms with E-state index in [1.54, 1.807) is 18.9 Å². The number of nitrogens with zero attached hydrogens (tertiary/aromatic N) is 1. The minimum Gasteiger partial charge on any atom is -0.394 e. The Balaban J connectivity index is 2.60. The Bertz CT molecular complexity index is 344. The molecular formula is C11H18N2O5. The van der Waals surface area contributed by atoms with Crippen LogP contribution in [0.1, 0.15) is 13.3 Å². The lowest BCUT2D eigenvalue weighted by Crippen LogP contribution is -2.30. The van der Waals surface area contributed by atoms with Gasteiger partial charge in [0.1, 0.15) is 12.3 Å². The lowest BCUT2D eigenvalue weighted by Gasteiger charge is -2.23. The van der Waals surface area contributed by atoms with Gasteiger partial charge in [0.05, 0.1) is 12.7 Å². The Morgan fingerprint density at radius 3 is 2.78 bits per heavy atom. The molecule has 3 atom stereocenters. The zero-order valence-corrected chi connectivity index (χ0v) is 10.4. The highest BCUT2D eigenvalue weighted by atomic mass is 16.5. The molecule has 1 fully saturated rings. The summed E-state index contributed by atoms with van der Waals surface area (Å²) in [5.74, 6) is -0.492. The third-order valence-electron chi connectivity index (χ3n) is 2.78. The summed E-state index contributed by atoms with van der Waals surface area (Å²) in [6.07, 6.45) is 0.458. The molecule has 0 aliphatic carbocycles. The monoisotopic (exact) mass is 258 g/mol. The maximum absolute atomic E-state index is 11.3. The van der Waals surface area contributed by atoms with Crippen LogP contribution in [0.25, 0.3) is 0 Å². The lowest BCUT2D eigenvalue weighted by atomic mass is 10.2. The van der Waals surface area contributed by atoms with E-state index in [2.05, 4.69) is 0 Å². The van der Waals surface area contributed by atoms with E-state index in [0.29, 0.717) is 18.4 Å². The summed E-state index contributed by atoms with van der Waals surface area (Å²) in [5.41, 5.74) is 0.343. The Morgan fingerprint density at radius 1 is 1.61 bits per heavy atom. The molecule has 1 aliphatic rings. The van der Waals surface area contributed by atoms with E-state index in [0.717, 1.165) is 0 Å². The molecule has 0 radical (unpaired) electrons. The molecule has 0 spiro atoms. The van der Waals surface area contributed by atoms with Crippen LogP contribution in [0.2, 0.25) is 0 Å². The highest BCUT2D eigenvalue weighted by Crippen LogP contribution is 2.22. The number of nitrogens with one attached hydrogen (secondary N) is 1. The lowest BCUT2D eigenvalue weighted by molar-refractivity contribution is -0.122. The minimum atomic E-state index is -0.722. The molecule has 18 heavy (non-hydrogen) atoms. The highest BCUT2D eigenvalue weighted by Gasteiger charge is 2.34. The third kappa shape index (κ3) is 3.52. The van der Waals surface area contributed by atoms with Crippen LogP contribution in [-0.2, 0) is 14.3 Å². The quantitative estimate of drug-likeness (QED) is 0.413. The van der Waals surface area contributed by atoms with E-state index in [1.165, 1.54) is 6.20 Å². The molecule has 1 aliphatic heterocycles. The van der Waals surface area contributed by atoms with Crippen molar-refractivity contribution in [2.75, 3.05) is 13.7 Å². The molecule has 2 amide bonds. The predicted molar refractivity (Wildman–Crippen MR) is 62.1 cm³/mol. The number of imide groups is 1. The Kier molecular flexibility index (Phi) is 5.26. The number of amides is 2. The first-order valence-corrected chi connectivity index (χ1v) is 5.58. The largest absolute Gasteiger partial charge is 0.394 e. The molecule has 1 saturated heterocycles. The van der Waals surface area contributed by atoms with Crippen LogP contribution in [0.5, 0.6) is 0 Å². The van der Waals surface area contributed by atoms with Crippen molar-refractivity contribution in [1.82, 2.24) is 10.2 Å². The summed E-state index contributed by atoms with van der Waals surface area (Å²) in [7, 11) is 1.69. The average Bonchev–Trinajstić information content (AvgIpc) is 2.70. The molecule has 1 heterocycles. The van der Waals surface area contributed by atoms with Gasteiger partial charge >= 0.3 is 0 Å². The highest BCUT2D eigenvalue weighted by molar-refractivity contribution is 5.98. The summed E-state index contributed by atoms with van der Waals surface area (Å²) in [5, 5.41) is 20.6. The van der Waals surface area contributed by atoms with E-state index in [9.17, 15) is 14.7 Å². The average molecular weight is 258 g/mol. The smallest absolute Gasteiger partial charge is 0.254 e. The summed E-state index contributed by atoms with van der Waals surface area (Å²) >= 11 is 0. The summed E-state index contributed by atoms with van der Waals surface area (Å²) in [6, 6.07) is 0. The minimum absolute atomic E-state index is 0.250. The molecule has 1 rings (SSSR count). The van der Waals surface area contributed by atoms with E-state index >= 15 is 0 Å². The molecular weight excluding hydrogens is 240 g/mol. The van der Waals surface area contributed by atoms with Crippen molar-refractivity contribution in [1.29, 1.82) is 0 Å². The van der Waals surface area contributed by atoms with Gasteiger partial charge in [-0.2, -0.15) is 0 Å². The van der Waals surface area contributed by atoms with Gasteiger partial charge in [-0.3, -0.25) is 14.9 Å². The number of aliphatic hydroxyl groups is 2. The SMILES string of the molecule is C/C(=C/N(C)C1CC(O)C(CO)O1)C(=O)NC=O. The molecule has 3 unspecified atom stereocenters. The van der Waals surface area contributed by atoms with Gasteiger partial charge < -0.3 is 19.8 Å². The molecule has 3 N–H and O–H groups in total. The van der Waals surface area contributed by atoms with Crippen molar-refractivity contribution in [3.8, 4) is 0 Å². The summed E-state index contributed by atoms with van der Waals surface area (Å²) < 4.78 is 5.41. The van der Waals surface area contributed by atoms with Crippen LogP contribution in [0.3, 0.4) is 0 Å². The third-order valence-corrected chi connectivity index (χ3v) is 2.78. The number of carbonyl (C=O) groups excluding carboxylic acids is 2. The van der Waals surface area contributed by atoms with E-state index < -0.39 is 24.3 Å². The van der Waals surface area contributed by atoms with Crippen molar-refractivity contribution in [3.05, 3.63) is 11.8 Å². The normalized spacial score (nSPS) is 28.0. The first kappa shape index (κ1) is 14.6. The van der Waals surface area contributed by atoms with E-state index in [-0.39, 0.29) is 6.61 Å². The molecule has 0 aromatic rings. The van der Waals surface area contributed by atoms with E-state index in [4.69, 9.17) is 9.84 Å². The topological polar surface area (TPSA) is 99.1 Å². The second kappa shape index (κ2) is 6.48. The van der Waals surface area contributed by atoms with Crippen LogP contribution in [0, 0.1) is 0 Å². The number of aliphatic hydroxyl groups excluding tert-OH is 2. The number of hydrogen-bond donors (Lipinski definition) is 3. The Labute approximate surface area is 105 Å². The second-order valence-electron chi connectivity index (χ2n) is 4.18. The van der Waals surface area contributed by atoms with Crippen LogP contribution in [0.4, 0.5) is 0 Å². The first-order valence-electron chi connectivity index (χ1n) is 5.58. The Morgan fingerprint density at radius 2 is 2.28 bits per heavy atom. The fourth-order valence-corrected chi connectivity index (χ4v) is 1.75. The molecule has 0 aromatic carbocycles. The van der Waals surface area contributed by atoms with Gasteiger partial charge in [0.15, 0.2) is 0 Å². The van der Waals surface area contributed by atoms with Gasteiger partial charge in [0, 0.05) is 25.2 Å². The molecule has 0 bridgehead atoms. The van der Waals surface area contributed by atoms with Crippen molar-refractivity contribution >= 4 is 12.3 Å². The number of rotatable bonds is 5. The second-order valence-corrected chi connectivity index (χ2v) is 4.18. The van der Waals surface area contributed by atoms with Gasteiger partial charge in [-0.25, -0.2) is 0 Å². The summed E-state index contributed by atoms with van der Waals surface area (Å²) in [6.45, 7) is 1.31. The zero-order chi connectivity index (χ0) is 13.7. The van der Waals surface area contributed by atoms with Gasteiger partial charge in [-0.05, 0) is 6.92 Å². The van der Waals surface area contributed by atoms with Crippen LogP contribution in [0.15, 0.2) is 11.8 Å². The number of hydrogen-bond acceptors (Lipinski definition) is 6. The van der Waals surface area contributed by atoms with Gasteiger partial charge in [0.2, 0.25) is 6.41 Å². The fraction of sp³-hybridized carbons (Fsp3) is 0.636. The number of ether oxygens (including phenoxy) is 1. The Hall–Kier alpha value is -1.44. The van der Waals surface area contributed by atoms with Crippen molar-refractivity contribution in [2.45, 2.75) is 31.8 Å². The maximum Gasteiger partial charge on any atom is 0.254 e. The van der Waals surface area contributed by atoms with Crippen LogP contribution < -0.4 is 5.32 Å². The standard InChI is InChI=1S/C11H18N2O5/c1-7(11(17)12-6-15)4-13(2)10-3-8(16)9(5-14)18-10/h4,6,8-10,14,16H,3,5H2,1-2H3,(H,12,15,17)/b7-4-. The summed E-state index contributed by atoms with van der Waals surface area (Å²) in [4.78, 5) is 23.1. The van der Waals surface area contributed by atoms with E-state index in [1.807, 2.05) is 5.32 Å². The molecule has 0 aromatic heterocycles. The van der Waals surface area contributed by atoms with Crippen molar-refractivity contribution < 1.29 is 24.5 Å². The number of carbonyl (C=O) groups is 2. The molecule has 7 nitrogen and oxygen atoms in total. The van der Waals surface area contributed by atoms with Crippen molar-refractivity contribution in [2.24, 2.45) is 0 Å². The predicted octanol–water partition coefficient (Wildman–Crippen LogP) is -1.44. The first-order chi connectivity index (χ1) is 8.49. The van der Waals surface area contributed by atoms with Gasteiger partial charge in [-0.1, -0.05) is 0 Å². The van der Waals surface area contributed by atoms with Gasteiger partial charge in [0.25, 0.3) is 5.91 Å². The molecule has 0 saturated carbocycles. The maximum atomic E-state index is 11.3. The zero-order valence-electron chi connectivity index (χ0n) is 10.4.